The lowest BCUT2D eigenvalue weighted by Crippen LogP contribution is -1.99. The third-order valence-electron chi connectivity index (χ3n) is 3.11. The van der Waals surface area contributed by atoms with E-state index in [1.54, 1.807) is 36.5 Å². The number of benzene rings is 1. The predicted molar refractivity (Wildman–Crippen MR) is 89.9 cm³/mol. The van der Waals surface area contributed by atoms with Gasteiger partial charge in [0.15, 0.2) is 12.9 Å². The van der Waals surface area contributed by atoms with Crippen LogP contribution in [0.5, 0.6) is 0 Å². The first-order valence-electron chi connectivity index (χ1n) is 7.47. The average molecular weight is 321 g/mol. The molecule has 0 spiro atoms. The first kappa shape index (κ1) is 17.0. The fourth-order valence-electron chi connectivity index (χ4n) is 1.96. The van der Waals surface area contributed by atoms with Crippen LogP contribution in [0.2, 0.25) is 0 Å². The first-order chi connectivity index (χ1) is 11.7. The maximum atomic E-state index is 11.2. The highest BCUT2D eigenvalue weighted by molar-refractivity contribution is 5.60. The number of nitrogens with zero attached hydrogens (tertiary/aromatic N) is 6. The van der Waals surface area contributed by atoms with Gasteiger partial charge in [-0.15, -0.1) is 5.10 Å². The summed E-state index contributed by atoms with van der Waals surface area (Å²) in [7, 11) is 1.41. The zero-order valence-electron chi connectivity index (χ0n) is 13.7. The average Bonchev–Trinajstić information content (AvgIpc) is 3.14. The molecule has 0 aliphatic rings. The number of pyridine rings is 1. The van der Waals surface area contributed by atoms with E-state index in [1.807, 2.05) is 19.9 Å². The minimum atomic E-state index is 0.464. The number of nitroso groups, excluding NO2 is 1. The van der Waals surface area contributed by atoms with Crippen molar-refractivity contribution >= 4 is 5.69 Å². The topological polar surface area (TPSA) is 87.5 Å². The van der Waals surface area contributed by atoms with E-state index >= 15 is 0 Å². The molecule has 0 aliphatic carbocycles. The fourth-order valence-corrected chi connectivity index (χ4v) is 1.96. The van der Waals surface area contributed by atoms with Gasteiger partial charge in [-0.3, -0.25) is 0 Å². The molecule has 0 unspecified atom stereocenters. The molecule has 0 radical (unpaired) electrons. The first-order valence-corrected chi connectivity index (χ1v) is 7.47. The van der Waals surface area contributed by atoms with E-state index in [2.05, 4.69) is 21.4 Å². The van der Waals surface area contributed by atoms with Crippen molar-refractivity contribution in [3.05, 3.63) is 59.3 Å². The zero-order valence-corrected chi connectivity index (χ0v) is 13.7. The Hall–Kier alpha value is -3.40. The van der Waals surface area contributed by atoms with E-state index in [-0.39, 0.29) is 0 Å². The van der Waals surface area contributed by atoms with E-state index in [0.29, 0.717) is 22.8 Å². The minimum Gasteiger partial charge on any atom is -0.230 e. The van der Waals surface area contributed by atoms with Gasteiger partial charge in [0, 0.05) is 21.3 Å². The van der Waals surface area contributed by atoms with Crippen LogP contribution in [-0.2, 0) is 0 Å². The molecule has 0 bridgehead atoms. The van der Waals surface area contributed by atoms with E-state index in [0.717, 1.165) is 10.3 Å². The van der Waals surface area contributed by atoms with Crippen LogP contribution in [0.25, 0.3) is 17.1 Å². The van der Waals surface area contributed by atoms with Crippen molar-refractivity contribution in [2.45, 2.75) is 13.8 Å². The Balaban J connectivity index is 0.00000100. The van der Waals surface area contributed by atoms with Crippen LogP contribution in [0.15, 0.2) is 48.8 Å². The molecule has 2 aromatic heterocycles. The van der Waals surface area contributed by atoms with Gasteiger partial charge < -0.3 is 0 Å². The van der Waals surface area contributed by atoms with Crippen molar-refractivity contribution < 1.29 is 4.76 Å². The summed E-state index contributed by atoms with van der Waals surface area (Å²) >= 11 is 0. The fraction of sp³-hybridized carbons (Fsp3) is 0.176. The molecule has 0 saturated carbocycles. The standard InChI is InChI=1S/C15H11N6O.C2H6/c1-20(22)13-5-6-15(17-9-13)21-10-14(18-19-21)12-4-2-3-11(7-12)8-16;1-2/h2-7,9-10H,1H3;1-2H3/q+1;. The van der Waals surface area contributed by atoms with E-state index < -0.39 is 0 Å². The summed E-state index contributed by atoms with van der Waals surface area (Å²) in [5, 5.41) is 17.0. The normalized spacial score (nSPS) is 9.58. The molecule has 0 atom stereocenters. The highest BCUT2D eigenvalue weighted by Gasteiger charge is 2.10. The minimum absolute atomic E-state index is 0.464. The van der Waals surface area contributed by atoms with Crippen molar-refractivity contribution in [3.8, 4) is 23.1 Å². The molecule has 7 nitrogen and oxygen atoms in total. The second-order valence-corrected chi connectivity index (χ2v) is 4.61. The molecule has 2 heterocycles. The number of rotatable bonds is 3. The van der Waals surface area contributed by atoms with E-state index in [9.17, 15) is 4.91 Å². The lowest BCUT2D eigenvalue weighted by Gasteiger charge is -1.97. The van der Waals surface area contributed by atoms with Crippen molar-refractivity contribution in [2.24, 2.45) is 0 Å². The molecule has 0 N–H and O–H groups in total. The summed E-state index contributed by atoms with van der Waals surface area (Å²) in [6.07, 6.45) is 3.19. The molecule has 1 aromatic carbocycles. The van der Waals surface area contributed by atoms with Crippen LogP contribution < -0.4 is 0 Å². The van der Waals surface area contributed by atoms with Crippen LogP contribution in [0.4, 0.5) is 5.69 Å². The van der Waals surface area contributed by atoms with E-state index in [4.69, 9.17) is 5.26 Å². The van der Waals surface area contributed by atoms with Gasteiger partial charge >= 0.3 is 0 Å². The van der Waals surface area contributed by atoms with Crippen LogP contribution in [0, 0.1) is 16.2 Å². The Labute approximate surface area is 139 Å². The summed E-state index contributed by atoms with van der Waals surface area (Å²) in [5.74, 6) is 0.556. The van der Waals surface area contributed by atoms with Gasteiger partial charge in [-0.2, -0.15) is 5.26 Å². The summed E-state index contributed by atoms with van der Waals surface area (Å²) < 4.78 is 2.25. The van der Waals surface area contributed by atoms with Gasteiger partial charge in [-0.1, -0.05) is 31.2 Å². The molecule has 3 aromatic rings. The number of aromatic nitrogens is 4. The summed E-state index contributed by atoms with van der Waals surface area (Å²) in [4.78, 5) is 15.3. The van der Waals surface area contributed by atoms with E-state index in [1.165, 1.54) is 17.9 Å². The molecule has 0 fully saturated rings. The predicted octanol–water partition coefficient (Wildman–Crippen LogP) is 3.27. The Morgan fingerprint density at radius 2 is 2.00 bits per heavy atom. The zero-order chi connectivity index (χ0) is 17.5. The maximum absolute atomic E-state index is 11.2. The van der Waals surface area contributed by atoms with Crippen LogP contribution in [0.3, 0.4) is 0 Å². The number of hydrogen-bond donors (Lipinski definition) is 0. The number of nitriles is 1. The van der Waals surface area contributed by atoms with Gasteiger partial charge in [0.1, 0.15) is 11.9 Å². The lowest BCUT2D eigenvalue weighted by atomic mass is 10.1. The second kappa shape index (κ2) is 7.74. The molecular formula is C17H17N6O+. The Bertz CT molecular complexity index is 877. The summed E-state index contributed by atoms with van der Waals surface area (Å²) in [6, 6.07) is 12.6. The quantitative estimate of drug-likeness (QED) is 0.691. The van der Waals surface area contributed by atoms with Gasteiger partial charge in [0.05, 0.1) is 17.8 Å². The molecule has 0 amide bonds. The van der Waals surface area contributed by atoms with Gasteiger partial charge in [0.2, 0.25) is 0 Å². The molecule has 3 rings (SSSR count). The molecule has 120 valence electrons. The molecule has 0 aliphatic heterocycles. The third kappa shape index (κ3) is 3.67. The largest absolute Gasteiger partial charge is 0.273 e. The van der Waals surface area contributed by atoms with Gasteiger partial charge in [-0.25, -0.2) is 9.67 Å². The molecule has 24 heavy (non-hydrogen) atoms. The SMILES string of the molecule is CC.C[N+](=O)c1ccc(-n2cc(-c3cccc(C#N)c3)nn2)nc1. The van der Waals surface area contributed by atoms with Crippen LogP contribution >= 0.6 is 0 Å². The second-order valence-electron chi connectivity index (χ2n) is 4.61. The van der Waals surface area contributed by atoms with Crippen molar-refractivity contribution in [3.63, 3.8) is 0 Å². The Morgan fingerprint density at radius 3 is 2.62 bits per heavy atom. The maximum Gasteiger partial charge on any atom is 0.273 e. The molecule has 0 saturated heterocycles. The Morgan fingerprint density at radius 1 is 1.21 bits per heavy atom. The lowest BCUT2D eigenvalue weighted by molar-refractivity contribution is -0.428. The van der Waals surface area contributed by atoms with Crippen molar-refractivity contribution in [2.75, 3.05) is 7.05 Å². The monoisotopic (exact) mass is 321 g/mol. The van der Waals surface area contributed by atoms with Crippen molar-refractivity contribution in [1.29, 1.82) is 5.26 Å². The molecule has 7 heteroatoms. The highest BCUT2D eigenvalue weighted by Crippen LogP contribution is 2.19. The van der Waals surface area contributed by atoms with Gasteiger partial charge in [-0.05, 0) is 18.2 Å². The van der Waals surface area contributed by atoms with Gasteiger partial charge in [0.25, 0.3) is 5.69 Å². The van der Waals surface area contributed by atoms with Crippen LogP contribution in [0.1, 0.15) is 19.4 Å². The molecular weight excluding hydrogens is 304 g/mol. The Kier molecular flexibility index (Phi) is 5.47. The smallest absolute Gasteiger partial charge is 0.230 e. The number of hydrogen-bond acceptors (Lipinski definition) is 5. The summed E-state index contributed by atoms with van der Waals surface area (Å²) in [5.41, 5.74) is 2.48. The summed E-state index contributed by atoms with van der Waals surface area (Å²) in [6.45, 7) is 4.00. The van der Waals surface area contributed by atoms with Crippen LogP contribution in [-0.4, -0.2) is 31.8 Å². The van der Waals surface area contributed by atoms with Crippen molar-refractivity contribution in [1.82, 2.24) is 20.0 Å². The third-order valence-corrected chi connectivity index (χ3v) is 3.11. The highest BCUT2D eigenvalue weighted by atomic mass is 16.3.